The van der Waals surface area contributed by atoms with Crippen LogP contribution in [0.2, 0.25) is 0 Å². The van der Waals surface area contributed by atoms with Gasteiger partial charge in [0.15, 0.2) is 9.84 Å². The molecule has 1 heterocycles. The van der Waals surface area contributed by atoms with Crippen LogP contribution in [-0.2, 0) is 9.84 Å². The van der Waals surface area contributed by atoms with Crippen LogP contribution in [0.4, 0.5) is 0 Å². The molecule has 2 N–H and O–H groups in total. The van der Waals surface area contributed by atoms with E-state index in [0.29, 0.717) is 31.0 Å². The number of hydrogen-bond donors (Lipinski definition) is 2. The first-order chi connectivity index (χ1) is 6.85. The highest BCUT2D eigenvalue weighted by atomic mass is 32.2. The molecule has 0 aliphatic carbocycles. The molecule has 0 radical (unpaired) electrons. The van der Waals surface area contributed by atoms with Gasteiger partial charge in [0, 0.05) is 6.54 Å². The maximum Gasteiger partial charge on any atom is 0.150 e. The van der Waals surface area contributed by atoms with Gasteiger partial charge in [-0.25, -0.2) is 8.42 Å². The van der Waals surface area contributed by atoms with Crippen molar-refractivity contribution in [1.82, 2.24) is 5.32 Å². The lowest BCUT2D eigenvalue weighted by Crippen LogP contribution is -2.39. The fourth-order valence-corrected chi connectivity index (χ4v) is 3.57. The van der Waals surface area contributed by atoms with Gasteiger partial charge in [-0.15, -0.1) is 0 Å². The summed E-state index contributed by atoms with van der Waals surface area (Å²) in [5.74, 6) is 0.847. The summed E-state index contributed by atoms with van der Waals surface area (Å²) in [5, 5.41) is 12.9. The average Bonchev–Trinajstić information content (AvgIpc) is 2.45. The van der Waals surface area contributed by atoms with Crippen molar-refractivity contribution in [2.45, 2.75) is 32.3 Å². The molecule has 1 aliphatic rings. The van der Waals surface area contributed by atoms with Crippen LogP contribution in [0.25, 0.3) is 0 Å². The van der Waals surface area contributed by atoms with Gasteiger partial charge in [-0.05, 0) is 32.2 Å². The summed E-state index contributed by atoms with van der Waals surface area (Å²) in [4.78, 5) is 0. The van der Waals surface area contributed by atoms with Crippen molar-refractivity contribution in [2.75, 3.05) is 24.6 Å². The molecule has 0 saturated carbocycles. The van der Waals surface area contributed by atoms with Crippen molar-refractivity contribution in [3.05, 3.63) is 0 Å². The fraction of sp³-hybridized carbons (Fsp3) is 1.00. The molecule has 0 aromatic carbocycles. The molecular formula is C10H21NO3S. The Bertz CT molecular complexity index is 298. The molecule has 2 atom stereocenters. The summed E-state index contributed by atoms with van der Waals surface area (Å²) in [6.07, 6.45) is 1.45. The molecule has 0 aromatic heterocycles. The third-order valence-corrected chi connectivity index (χ3v) is 4.86. The summed E-state index contributed by atoms with van der Waals surface area (Å²) in [7, 11) is -2.77. The number of nitrogens with one attached hydrogen (secondary N) is 1. The highest BCUT2D eigenvalue weighted by Gasteiger charge is 2.28. The Labute approximate surface area is 92.0 Å². The van der Waals surface area contributed by atoms with Gasteiger partial charge in [0.25, 0.3) is 0 Å². The van der Waals surface area contributed by atoms with E-state index in [-0.39, 0.29) is 5.92 Å². The van der Waals surface area contributed by atoms with Gasteiger partial charge >= 0.3 is 0 Å². The minimum absolute atomic E-state index is 0.225. The zero-order chi connectivity index (χ0) is 11.5. The first-order valence-electron chi connectivity index (χ1n) is 5.48. The van der Waals surface area contributed by atoms with E-state index < -0.39 is 15.4 Å². The SMILES string of the molecule is CCC(C)(O)CNCC1CCS(=O)(=O)C1. The molecule has 2 unspecified atom stereocenters. The van der Waals surface area contributed by atoms with Crippen molar-refractivity contribution in [1.29, 1.82) is 0 Å². The van der Waals surface area contributed by atoms with Gasteiger partial charge in [0.1, 0.15) is 0 Å². The molecule has 0 amide bonds. The molecule has 1 rings (SSSR count). The second kappa shape index (κ2) is 4.80. The van der Waals surface area contributed by atoms with Gasteiger partial charge in [-0.3, -0.25) is 0 Å². The summed E-state index contributed by atoms with van der Waals surface area (Å²) in [6, 6.07) is 0. The van der Waals surface area contributed by atoms with Crippen LogP contribution < -0.4 is 5.32 Å². The van der Waals surface area contributed by atoms with Gasteiger partial charge in [0.05, 0.1) is 17.1 Å². The van der Waals surface area contributed by atoms with E-state index in [1.807, 2.05) is 6.92 Å². The van der Waals surface area contributed by atoms with E-state index in [1.165, 1.54) is 0 Å². The van der Waals surface area contributed by atoms with Crippen LogP contribution >= 0.6 is 0 Å². The standard InChI is InChI=1S/C10H21NO3S/c1-3-10(2,12)8-11-6-9-4-5-15(13,14)7-9/h9,11-12H,3-8H2,1-2H3. The smallest absolute Gasteiger partial charge is 0.150 e. The molecular weight excluding hydrogens is 214 g/mol. The second-order valence-corrected chi connectivity index (χ2v) is 6.98. The molecule has 5 heteroatoms. The Morgan fingerprint density at radius 3 is 2.67 bits per heavy atom. The van der Waals surface area contributed by atoms with Crippen LogP contribution in [0, 0.1) is 5.92 Å². The number of rotatable bonds is 5. The molecule has 0 spiro atoms. The molecule has 90 valence electrons. The summed E-state index contributed by atoms with van der Waals surface area (Å²) in [5.41, 5.74) is -0.683. The predicted molar refractivity (Wildman–Crippen MR) is 60.5 cm³/mol. The minimum Gasteiger partial charge on any atom is -0.389 e. The number of hydrogen-bond acceptors (Lipinski definition) is 4. The van der Waals surface area contributed by atoms with Gasteiger partial charge in [-0.2, -0.15) is 0 Å². The van der Waals surface area contributed by atoms with Crippen LogP contribution in [0.1, 0.15) is 26.7 Å². The Kier molecular flexibility index (Phi) is 4.14. The Hall–Kier alpha value is -0.130. The van der Waals surface area contributed by atoms with Crippen molar-refractivity contribution < 1.29 is 13.5 Å². The van der Waals surface area contributed by atoms with Crippen molar-refractivity contribution >= 4 is 9.84 Å². The van der Waals surface area contributed by atoms with E-state index in [1.54, 1.807) is 6.92 Å². The molecule has 0 bridgehead atoms. The van der Waals surface area contributed by atoms with Gasteiger partial charge < -0.3 is 10.4 Å². The molecule has 1 fully saturated rings. The second-order valence-electron chi connectivity index (χ2n) is 4.75. The third kappa shape index (κ3) is 4.49. The normalized spacial score (nSPS) is 28.9. The highest BCUT2D eigenvalue weighted by Crippen LogP contribution is 2.17. The van der Waals surface area contributed by atoms with Gasteiger partial charge in [-0.1, -0.05) is 6.92 Å². The average molecular weight is 235 g/mol. The Morgan fingerprint density at radius 1 is 1.53 bits per heavy atom. The monoisotopic (exact) mass is 235 g/mol. The van der Waals surface area contributed by atoms with Crippen LogP contribution in [0.5, 0.6) is 0 Å². The predicted octanol–water partition coefficient (Wildman–Crippen LogP) is 0.172. The largest absolute Gasteiger partial charge is 0.389 e. The van der Waals surface area contributed by atoms with Crippen molar-refractivity contribution in [3.8, 4) is 0 Å². The summed E-state index contributed by atoms with van der Waals surface area (Å²) >= 11 is 0. The fourth-order valence-electron chi connectivity index (χ4n) is 1.70. The first kappa shape index (κ1) is 12.9. The topological polar surface area (TPSA) is 66.4 Å². The first-order valence-corrected chi connectivity index (χ1v) is 7.30. The van der Waals surface area contributed by atoms with Crippen LogP contribution in [0.15, 0.2) is 0 Å². The van der Waals surface area contributed by atoms with E-state index >= 15 is 0 Å². The van der Waals surface area contributed by atoms with Crippen LogP contribution in [-0.4, -0.2) is 43.7 Å². The van der Waals surface area contributed by atoms with Crippen LogP contribution in [0.3, 0.4) is 0 Å². The summed E-state index contributed by atoms with van der Waals surface area (Å²) < 4.78 is 22.4. The molecule has 4 nitrogen and oxygen atoms in total. The van der Waals surface area contributed by atoms with Crippen molar-refractivity contribution in [3.63, 3.8) is 0 Å². The van der Waals surface area contributed by atoms with Crippen molar-refractivity contribution in [2.24, 2.45) is 5.92 Å². The number of sulfone groups is 1. The minimum atomic E-state index is -2.77. The maximum absolute atomic E-state index is 11.2. The lowest BCUT2D eigenvalue weighted by Gasteiger charge is -2.22. The lowest BCUT2D eigenvalue weighted by atomic mass is 10.0. The zero-order valence-corrected chi connectivity index (χ0v) is 10.3. The molecule has 0 aromatic rings. The quantitative estimate of drug-likeness (QED) is 0.713. The number of aliphatic hydroxyl groups is 1. The van der Waals surface area contributed by atoms with E-state index in [2.05, 4.69) is 5.32 Å². The van der Waals surface area contributed by atoms with E-state index in [0.717, 1.165) is 6.42 Å². The molecule has 1 aliphatic heterocycles. The van der Waals surface area contributed by atoms with E-state index in [9.17, 15) is 13.5 Å². The maximum atomic E-state index is 11.2. The Morgan fingerprint density at radius 2 is 2.20 bits per heavy atom. The summed E-state index contributed by atoms with van der Waals surface area (Å²) in [6.45, 7) is 4.93. The molecule has 15 heavy (non-hydrogen) atoms. The van der Waals surface area contributed by atoms with E-state index in [4.69, 9.17) is 0 Å². The zero-order valence-electron chi connectivity index (χ0n) is 9.49. The Balaban J connectivity index is 2.23. The lowest BCUT2D eigenvalue weighted by molar-refractivity contribution is 0.0552. The molecule has 1 saturated heterocycles. The third-order valence-electron chi connectivity index (χ3n) is 3.03. The van der Waals surface area contributed by atoms with Gasteiger partial charge in [0.2, 0.25) is 0 Å². The highest BCUT2D eigenvalue weighted by molar-refractivity contribution is 7.91.